The van der Waals surface area contributed by atoms with Crippen molar-refractivity contribution in [3.05, 3.63) is 52.0 Å². The Morgan fingerprint density at radius 3 is 2.75 bits per heavy atom. The fraction of sp³-hybridized carbons (Fsp3) is 0.357. The van der Waals surface area contributed by atoms with Crippen LogP contribution in [-0.4, -0.2) is 16.6 Å². The van der Waals surface area contributed by atoms with Crippen molar-refractivity contribution >= 4 is 11.3 Å². The van der Waals surface area contributed by atoms with Gasteiger partial charge in [0.2, 0.25) is 0 Å². The fourth-order valence-electron chi connectivity index (χ4n) is 1.90. The molecular weight excluding hydrogens is 282 g/mol. The van der Waals surface area contributed by atoms with Gasteiger partial charge in [-0.1, -0.05) is 13.0 Å². The maximum atomic E-state index is 13.1. The molecule has 20 heavy (non-hydrogen) atoms. The van der Waals surface area contributed by atoms with E-state index in [4.69, 9.17) is 0 Å². The van der Waals surface area contributed by atoms with E-state index >= 15 is 0 Å². The monoisotopic (exact) mass is 298 g/mol. The molecule has 3 nitrogen and oxygen atoms in total. The summed E-state index contributed by atoms with van der Waals surface area (Å²) in [5.74, 6) is -1.86. The van der Waals surface area contributed by atoms with E-state index in [1.54, 1.807) is 17.5 Å². The molecule has 0 spiro atoms. The third-order valence-corrected chi connectivity index (χ3v) is 3.93. The van der Waals surface area contributed by atoms with E-state index in [0.717, 1.165) is 23.6 Å². The second-order valence-electron chi connectivity index (χ2n) is 4.43. The van der Waals surface area contributed by atoms with Crippen molar-refractivity contribution < 1.29 is 13.9 Å². The quantitative estimate of drug-likeness (QED) is 0.861. The normalized spacial score (nSPS) is 14.2. The number of nitrogens with one attached hydrogen (secondary N) is 1. The largest absolute Gasteiger partial charge is 0.387 e. The molecule has 0 aliphatic carbocycles. The lowest BCUT2D eigenvalue weighted by Gasteiger charge is -2.18. The molecule has 2 atom stereocenters. The first-order valence-corrected chi connectivity index (χ1v) is 7.25. The zero-order chi connectivity index (χ0) is 14.5. The lowest BCUT2D eigenvalue weighted by Crippen LogP contribution is -2.26. The number of nitrogens with zero attached hydrogens (tertiary/aromatic N) is 1. The van der Waals surface area contributed by atoms with Crippen molar-refractivity contribution in [1.82, 2.24) is 10.3 Å². The van der Waals surface area contributed by atoms with Gasteiger partial charge in [-0.05, 0) is 24.1 Å². The minimum absolute atomic E-state index is 0.0509. The van der Waals surface area contributed by atoms with Crippen molar-refractivity contribution in [2.75, 3.05) is 6.54 Å². The summed E-state index contributed by atoms with van der Waals surface area (Å²) in [6.07, 6.45) is 1.67. The third kappa shape index (κ3) is 3.59. The van der Waals surface area contributed by atoms with E-state index < -0.39 is 17.7 Å². The van der Waals surface area contributed by atoms with Gasteiger partial charge in [0.1, 0.15) is 5.01 Å². The molecule has 6 heteroatoms. The molecule has 1 heterocycles. The van der Waals surface area contributed by atoms with Crippen LogP contribution >= 0.6 is 11.3 Å². The Kier molecular flexibility index (Phi) is 5.17. The maximum absolute atomic E-state index is 13.1. The van der Waals surface area contributed by atoms with Crippen molar-refractivity contribution in [2.45, 2.75) is 25.5 Å². The SMILES string of the molecule is CCC(NCC(O)c1ccc(F)c(F)c1)c1nccs1. The van der Waals surface area contributed by atoms with Gasteiger partial charge in [-0.15, -0.1) is 11.3 Å². The number of thiazole rings is 1. The highest BCUT2D eigenvalue weighted by Gasteiger charge is 2.15. The van der Waals surface area contributed by atoms with Gasteiger partial charge < -0.3 is 10.4 Å². The minimum atomic E-state index is -0.950. The summed E-state index contributed by atoms with van der Waals surface area (Å²) >= 11 is 1.54. The van der Waals surface area contributed by atoms with Crippen LogP contribution < -0.4 is 5.32 Å². The number of aliphatic hydroxyl groups is 1. The first kappa shape index (κ1) is 15.0. The van der Waals surface area contributed by atoms with Crippen LogP contribution in [0, 0.1) is 11.6 Å². The zero-order valence-corrected chi connectivity index (χ0v) is 11.8. The van der Waals surface area contributed by atoms with Crippen LogP contribution in [0.3, 0.4) is 0 Å². The lowest BCUT2D eigenvalue weighted by molar-refractivity contribution is 0.168. The van der Waals surface area contributed by atoms with E-state index in [1.807, 2.05) is 12.3 Å². The Bertz CT molecular complexity index is 548. The molecule has 2 aromatic rings. The lowest BCUT2D eigenvalue weighted by atomic mass is 10.1. The zero-order valence-electron chi connectivity index (χ0n) is 11.0. The van der Waals surface area contributed by atoms with Crippen LogP contribution in [0.4, 0.5) is 8.78 Å². The second-order valence-corrected chi connectivity index (χ2v) is 5.35. The third-order valence-electron chi connectivity index (χ3n) is 3.04. The Labute approximate surface area is 120 Å². The van der Waals surface area contributed by atoms with Gasteiger partial charge in [0.05, 0.1) is 12.1 Å². The highest BCUT2D eigenvalue weighted by molar-refractivity contribution is 7.09. The summed E-state index contributed by atoms with van der Waals surface area (Å²) in [5, 5.41) is 16.0. The smallest absolute Gasteiger partial charge is 0.159 e. The molecule has 0 aliphatic heterocycles. The predicted molar refractivity (Wildman–Crippen MR) is 74.5 cm³/mol. The van der Waals surface area contributed by atoms with Crippen LogP contribution in [0.25, 0.3) is 0 Å². The minimum Gasteiger partial charge on any atom is -0.387 e. The molecule has 0 radical (unpaired) electrons. The molecule has 0 aliphatic rings. The highest BCUT2D eigenvalue weighted by Crippen LogP contribution is 2.21. The van der Waals surface area contributed by atoms with E-state index in [1.165, 1.54) is 6.07 Å². The van der Waals surface area contributed by atoms with E-state index in [-0.39, 0.29) is 12.6 Å². The topological polar surface area (TPSA) is 45.1 Å². The van der Waals surface area contributed by atoms with Crippen LogP contribution in [0.1, 0.15) is 36.1 Å². The number of aliphatic hydroxyl groups excluding tert-OH is 1. The Morgan fingerprint density at radius 1 is 1.35 bits per heavy atom. The summed E-state index contributed by atoms with van der Waals surface area (Å²) in [7, 11) is 0. The molecule has 0 fully saturated rings. The number of hydrogen-bond acceptors (Lipinski definition) is 4. The van der Waals surface area contributed by atoms with Crippen molar-refractivity contribution in [3.63, 3.8) is 0 Å². The second kappa shape index (κ2) is 6.88. The molecule has 1 aromatic carbocycles. The summed E-state index contributed by atoms with van der Waals surface area (Å²) in [6.45, 7) is 2.27. The molecule has 1 aromatic heterocycles. The fourth-order valence-corrected chi connectivity index (χ4v) is 2.70. The van der Waals surface area contributed by atoms with Crippen LogP contribution in [0.2, 0.25) is 0 Å². The molecule has 0 bridgehead atoms. The standard InChI is InChI=1S/C14H16F2N2OS/c1-2-12(14-17-5-6-20-14)18-8-13(19)9-3-4-10(15)11(16)7-9/h3-7,12-13,18-19H,2,8H2,1H3. The summed E-state index contributed by atoms with van der Waals surface area (Å²) < 4.78 is 26.0. The molecule has 2 rings (SSSR count). The van der Waals surface area contributed by atoms with Gasteiger partial charge in [-0.3, -0.25) is 0 Å². The highest BCUT2D eigenvalue weighted by atomic mass is 32.1. The van der Waals surface area contributed by atoms with Crippen LogP contribution in [0.5, 0.6) is 0 Å². The van der Waals surface area contributed by atoms with Gasteiger partial charge in [0, 0.05) is 18.1 Å². The number of benzene rings is 1. The molecular formula is C14H16F2N2OS. The Hall–Kier alpha value is -1.37. The van der Waals surface area contributed by atoms with Crippen molar-refractivity contribution in [1.29, 1.82) is 0 Å². The summed E-state index contributed by atoms with van der Waals surface area (Å²) in [6, 6.07) is 3.47. The first-order valence-electron chi connectivity index (χ1n) is 6.37. The average Bonchev–Trinajstić information content (AvgIpc) is 2.96. The Morgan fingerprint density at radius 2 is 2.15 bits per heavy atom. The maximum Gasteiger partial charge on any atom is 0.159 e. The number of rotatable bonds is 6. The molecule has 2 unspecified atom stereocenters. The molecule has 2 N–H and O–H groups in total. The van der Waals surface area contributed by atoms with Gasteiger partial charge in [-0.2, -0.15) is 0 Å². The Balaban J connectivity index is 1.97. The molecule has 0 saturated carbocycles. The van der Waals surface area contributed by atoms with Gasteiger partial charge in [0.25, 0.3) is 0 Å². The van der Waals surface area contributed by atoms with Crippen LogP contribution in [-0.2, 0) is 0 Å². The molecule has 108 valence electrons. The van der Waals surface area contributed by atoms with Crippen LogP contribution in [0.15, 0.2) is 29.8 Å². The number of halogens is 2. The first-order chi connectivity index (χ1) is 9.61. The van der Waals surface area contributed by atoms with E-state index in [9.17, 15) is 13.9 Å². The van der Waals surface area contributed by atoms with Crippen molar-refractivity contribution in [2.24, 2.45) is 0 Å². The average molecular weight is 298 g/mol. The van der Waals surface area contributed by atoms with Gasteiger partial charge in [-0.25, -0.2) is 13.8 Å². The van der Waals surface area contributed by atoms with Crippen molar-refractivity contribution in [3.8, 4) is 0 Å². The molecule has 0 saturated heterocycles. The van der Waals surface area contributed by atoms with E-state index in [0.29, 0.717) is 5.56 Å². The number of aromatic nitrogens is 1. The summed E-state index contributed by atoms with van der Waals surface area (Å²) in [4.78, 5) is 4.23. The van der Waals surface area contributed by atoms with Gasteiger partial charge >= 0.3 is 0 Å². The molecule has 0 amide bonds. The van der Waals surface area contributed by atoms with E-state index in [2.05, 4.69) is 10.3 Å². The van der Waals surface area contributed by atoms with Gasteiger partial charge in [0.15, 0.2) is 11.6 Å². The number of hydrogen-bond donors (Lipinski definition) is 2. The predicted octanol–water partition coefficient (Wildman–Crippen LogP) is 3.20. The summed E-state index contributed by atoms with van der Waals surface area (Å²) in [5.41, 5.74) is 0.352.